The monoisotopic (exact) mass is 279 g/mol. The van der Waals surface area contributed by atoms with E-state index in [0.29, 0.717) is 38.3 Å². The average Bonchev–Trinajstić information content (AvgIpc) is 2.91. The number of aryl methyl sites for hydroxylation is 1. The molecule has 2 amide bonds. The van der Waals surface area contributed by atoms with Gasteiger partial charge in [-0.05, 0) is 12.3 Å². The molecule has 1 saturated heterocycles. The summed E-state index contributed by atoms with van der Waals surface area (Å²) < 4.78 is 0. The normalized spacial score (nSPS) is 19.2. The molecule has 110 valence electrons. The van der Waals surface area contributed by atoms with E-state index in [4.69, 9.17) is 0 Å². The zero-order valence-corrected chi connectivity index (χ0v) is 11.9. The van der Waals surface area contributed by atoms with Crippen LogP contribution in [0.5, 0.6) is 0 Å². The van der Waals surface area contributed by atoms with Crippen molar-refractivity contribution in [2.75, 3.05) is 13.1 Å². The lowest BCUT2D eigenvalue weighted by molar-refractivity contribution is -0.143. The number of amides is 2. The van der Waals surface area contributed by atoms with Gasteiger partial charge in [0.05, 0.1) is 11.9 Å². The number of H-pyrrole nitrogens is 1. The lowest BCUT2D eigenvalue weighted by atomic mass is 9.99. The summed E-state index contributed by atoms with van der Waals surface area (Å²) in [6.07, 6.45) is 3.21. The Kier molecular flexibility index (Phi) is 4.70. The molecule has 2 rings (SSSR count). The molecule has 7 heteroatoms. The molecule has 20 heavy (non-hydrogen) atoms. The maximum absolute atomic E-state index is 12.3. The van der Waals surface area contributed by atoms with Gasteiger partial charge >= 0.3 is 0 Å². The smallest absolute Gasteiger partial charge is 0.242 e. The van der Waals surface area contributed by atoms with Crippen LogP contribution in [0.25, 0.3) is 0 Å². The molecule has 0 bridgehead atoms. The maximum Gasteiger partial charge on any atom is 0.242 e. The molecule has 2 N–H and O–H groups in total. The van der Waals surface area contributed by atoms with Crippen LogP contribution < -0.4 is 5.32 Å². The van der Waals surface area contributed by atoms with Gasteiger partial charge in [-0.15, -0.1) is 0 Å². The fourth-order valence-electron chi connectivity index (χ4n) is 2.42. The molecule has 1 aromatic heterocycles. The second-order valence-corrected chi connectivity index (χ2v) is 5.48. The van der Waals surface area contributed by atoms with Crippen LogP contribution in [0, 0.1) is 5.92 Å². The van der Waals surface area contributed by atoms with E-state index in [1.54, 1.807) is 11.1 Å². The topological polar surface area (TPSA) is 91.0 Å². The van der Waals surface area contributed by atoms with Crippen molar-refractivity contribution in [2.24, 2.45) is 5.92 Å². The summed E-state index contributed by atoms with van der Waals surface area (Å²) in [5.74, 6) is 0.336. The summed E-state index contributed by atoms with van der Waals surface area (Å²) in [7, 11) is 0. The number of nitrogens with zero attached hydrogens (tertiary/aromatic N) is 3. The summed E-state index contributed by atoms with van der Waals surface area (Å²) in [5.41, 5.74) is 0.764. The largest absolute Gasteiger partial charge is 0.353 e. The van der Waals surface area contributed by atoms with E-state index in [0.717, 1.165) is 5.69 Å². The van der Waals surface area contributed by atoms with Crippen LogP contribution in [0.15, 0.2) is 6.20 Å². The molecule has 1 atom stereocenters. The molecule has 0 saturated carbocycles. The number of rotatable bonds is 5. The molecular formula is C13H21N5O2. The molecule has 0 aliphatic carbocycles. The minimum Gasteiger partial charge on any atom is -0.353 e. The molecule has 7 nitrogen and oxygen atoms in total. The first-order valence-corrected chi connectivity index (χ1v) is 6.99. The van der Waals surface area contributed by atoms with E-state index in [2.05, 4.69) is 34.6 Å². The molecule has 0 radical (unpaired) electrons. The van der Waals surface area contributed by atoms with Crippen molar-refractivity contribution in [3.8, 4) is 0 Å². The number of aromatic amines is 1. The fraction of sp³-hybridized carbons (Fsp3) is 0.692. The molecule has 1 aliphatic heterocycles. The van der Waals surface area contributed by atoms with E-state index in [1.807, 2.05) is 0 Å². The van der Waals surface area contributed by atoms with Gasteiger partial charge in [0.1, 0.15) is 6.04 Å². The number of piperazine rings is 1. The van der Waals surface area contributed by atoms with Crippen molar-refractivity contribution >= 4 is 11.8 Å². The Bertz CT molecular complexity index is 457. The predicted octanol–water partition coefficient (Wildman–Crippen LogP) is 0.110. The highest BCUT2D eigenvalue weighted by molar-refractivity contribution is 5.88. The van der Waals surface area contributed by atoms with Crippen molar-refractivity contribution in [1.29, 1.82) is 0 Å². The van der Waals surface area contributed by atoms with Gasteiger partial charge in [-0.1, -0.05) is 13.8 Å². The molecular weight excluding hydrogens is 258 g/mol. The van der Waals surface area contributed by atoms with E-state index in [9.17, 15) is 9.59 Å². The van der Waals surface area contributed by atoms with Crippen molar-refractivity contribution in [2.45, 2.75) is 39.2 Å². The lowest BCUT2D eigenvalue weighted by Crippen LogP contribution is -2.57. The summed E-state index contributed by atoms with van der Waals surface area (Å²) >= 11 is 0. The molecule has 2 heterocycles. The molecule has 1 unspecified atom stereocenters. The first-order chi connectivity index (χ1) is 9.58. The van der Waals surface area contributed by atoms with Crippen LogP contribution in [0.4, 0.5) is 0 Å². The van der Waals surface area contributed by atoms with E-state index in [1.165, 1.54) is 0 Å². The zero-order valence-electron chi connectivity index (χ0n) is 11.9. The number of aromatic nitrogens is 3. The van der Waals surface area contributed by atoms with Gasteiger partial charge in [0.2, 0.25) is 11.8 Å². The van der Waals surface area contributed by atoms with Gasteiger partial charge in [-0.25, -0.2) is 0 Å². The van der Waals surface area contributed by atoms with Crippen molar-refractivity contribution in [3.05, 3.63) is 11.9 Å². The standard InChI is InChI=1S/C13H21N5O2/c1-9(2)7-11-13(20)14-5-6-18(11)12(19)4-3-10-8-15-17-16-10/h8-9,11H,3-7H2,1-2H3,(H,14,20)(H,15,16,17). The zero-order chi connectivity index (χ0) is 14.5. The van der Waals surface area contributed by atoms with E-state index in [-0.39, 0.29) is 17.9 Å². The quantitative estimate of drug-likeness (QED) is 0.800. The van der Waals surface area contributed by atoms with Crippen LogP contribution in [-0.4, -0.2) is 51.3 Å². The van der Waals surface area contributed by atoms with Gasteiger partial charge in [0, 0.05) is 25.9 Å². The van der Waals surface area contributed by atoms with E-state index < -0.39 is 0 Å². The second-order valence-electron chi connectivity index (χ2n) is 5.48. The van der Waals surface area contributed by atoms with Crippen LogP contribution in [0.3, 0.4) is 0 Å². The summed E-state index contributed by atoms with van der Waals surface area (Å²) in [6, 6.07) is -0.339. The maximum atomic E-state index is 12.3. The van der Waals surface area contributed by atoms with Crippen molar-refractivity contribution in [1.82, 2.24) is 25.6 Å². The third-order valence-corrected chi connectivity index (χ3v) is 3.41. The van der Waals surface area contributed by atoms with Gasteiger partial charge < -0.3 is 10.2 Å². The Labute approximate surface area is 118 Å². The van der Waals surface area contributed by atoms with Crippen LogP contribution >= 0.6 is 0 Å². The predicted molar refractivity (Wildman–Crippen MR) is 72.7 cm³/mol. The van der Waals surface area contributed by atoms with Crippen LogP contribution in [0.1, 0.15) is 32.4 Å². The highest BCUT2D eigenvalue weighted by atomic mass is 16.2. The first-order valence-electron chi connectivity index (χ1n) is 6.99. The van der Waals surface area contributed by atoms with Crippen LogP contribution in [-0.2, 0) is 16.0 Å². The fourth-order valence-corrected chi connectivity index (χ4v) is 2.42. The van der Waals surface area contributed by atoms with Crippen molar-refractivity contribution < 1.29 is 9.59 Å². The highest BCUT2D eigenvalue weighted by Gasteiger charge is 2.32. The molecule has 0 spiro atoms. The molecule has 1 fully saturated rings. The SMILES string of the molecule is CC(C)CC1C(=O)NCCN1C(=O)CCc1cn[nH]n1. The third kappa shape index (κ3) is 3.55. The Hall–Kier alpha value is -1.92. The summed E-state index contributed by atoms with van der Waals surface area (Å²) in [4.78, 5) is 26.0. The number of nitrogens with one attached hydrogen (secondary N) is 2. The molecule has 1 aromatic rings. The minimum atomic E-state index is -0.339. The number of hydrogen-bond donors (Lipinski definition) is 2. The minimum absolute atomic E-state index is 0.00787. The summed E-state index contributed by atoms with van der Waals surface area (Å²) in [6.45, 7) is 5.23. The first kappa shape index (κ1) is 14.5. The Morgan fingerprint density at radius 1 is 1.55 bits per heavy atom. The molecule has 0 aromatic carbocycles. The van der Waals surface area contributed by atoms with Gasteiger partial charge in [0.25, 0.3) is 0 Å². The lowest BCUT2D eigenvalue weighted by Gasteiger charge is -2.36. The van der Waals surface area contributed by atoms with Crippen molar-refractivity contribution in [3.63, 3.8) is 0 Å². The highest BCUT2D eigenvalue weighted by Crippen LogP contribution is 2.16. The number of hydrogen-bond acceptors (Lipinski definition) is 4. The number of carbonyl (C=O) groups is 2. The van der Waals surface area contributed by atoms with E-state index >= 15 is 0 Å². The number of carbonyl (C=O) groups excluding carboxylic acids is 2. The third-order valence-electron chi connectivity index (χ3n) is 3.41. The Morgan fingerprint density at radius 2 is 2.35 bits per heavy atom. The Balaban J connectivity index is 1.96. The second kappa shape index (κ2) is 6.49. The van der Waals surface area contributed by atoms with Gasteiger partial charge in [-0.2, -0.15) is 15.4 Å². The average molecular weight is 279 g/mol. The molecule has 1 aliphatic rings. The van der Waals surface area contributed by atoms with Gasteiger partial charge in [0.15, 0.2) is 0 Å². The Morgan fingerprint density at radius 3 is 3.00 bits per heavy atom. The van der Waals surface area contributed by atoms with Crippen LogP contribution in [0.2, 0.25) is 0 Å². The summed E-state index contributed by atoms with van der Waals surface area (Å²) in [5, 5.41) is 13.0. The van der Waals surface area contributed by atoms with Gasteiger partial charge in [-0.3, -0.25) is 9.59 Å².